The third-order valence-corrected chi connectivity index (χ3v) is 5.56. The Morgan fingerprint density at radius 3 is 2.65 bits per heavy atom. The molecule has 0 radical (unpaired) electrons. The van der Waals surface area contributed by atoms with E-state index in [0.717, 1.165) is 38.0 Å². The Labute approximate surface area is 153 Å². The summed E-state index contributed by atoms with van der Waals surface area (Å²) in [7, 11) is 1.74. The van der Waals surface area contributed by atoms with Crippen LogP contribution in [0.5, 0.6) is 0 Å². The molecule has 0 saturated carbocycles. The SMILES string of the molecule is Cn1nnc(CCC(C(=O)O[C@H]2CN3CCC2CC3)c2ccccc2)n1. The summed E-state index contributed by atoms with van der Waals surface area (Å²) >= 11 is 0. The van der Waals surface area contributed by atoms with E-state index in [4.69, 9.17) is 4.74 Å². The second-order valence-electron chi connectivity index (χ2n) is 7.31. The molecule has 3 aliphatic heterocycles. The van der Waals surface area contributed by atoms with Crippen molar-refractivity contribution < 1.29 is 9.53 Å². The Morgan fingerprint density at radius 2 is 2.04 bits per heavy atom. The van der Waals surface area contributed by atoms with Gasteiger partial charge in [-0.1, -0.05) is 30.3 Å². The normalized spacial score (nSPS) is 25.8. The van der Waals surface area contributed by atoms with Crippen molar-refractivity contribution in [2.24, 2.45) is 13.0 Å². The molecular weight excluding hydrogens is 330 g/mol. The van der Waals surface area contributed by atoms with E-state index in [0.29, 0.717) is 24.6 Å². The number of tetrazole rings is 1. The molecule has 3 aliphatic rings. The van der Waals surface area contributed by atoms with Gasteiger partial charge in [-0.25, -0.2) is 0 Å². The van der Waals surface area contributed by atoms with Gasteiger partial charge in [-0.05, 0) is 49.0 Å². The lowest BCUT2D eigenvalue weighted by Gasteiger charge is -2.44. The number of ether oxygens (including phenoxy) is 1. The first-order valence-corrected chi connectivity index (χ1v) is 9.39. The van der Waals surface area contributed by atoms with Crippen LogP contribution in [0.2, 0.25) is 0 Å². The lowest BCUT2D eigenvalue weighted by molar-refractivity contribution is -0.160. The van der Waals surface area contributed by atoms with Gasteiger partial charge in [0.2, 0.25) is 0 Å². The number of rotatable bonds is 6. The molecule has 1 aromatic heterocycles. The molecule has 2 aromatic rings. The molecule has 0 N–H and O–H groups in total. The highest BCUT2D eigenvalue weighted by Gasteiger charge is 2.37. The Kier molecular flexibility index (Phi) is 4.97. The Hall–Kier alpha value is -2.28. The van der Waals surface area contributed by atoms with Crippen molar-refractivity contribution in [3.63, 3.8) is 0 Å². The largest absolute Gasteiger partial charge is 0.460 e. The summed E-state index contributed by atoms with van der Waals surface area (Å²) in [5.74, 6) is 0.750. The van der Waals surface area contributed by atoms with Gasteiger partial charge < -0.3 is 4.74 Å². The van der Waals surface area contributed by atoms with Gasteiger partial charge in [0.25, 0.3) is 0 Å². The van der Waals surface area contributed by atoms with Crippen molar-refractivity contribution in [1.82, 2.24) is 25.1 Å². The Bertz CT molecular complexity index is 739. The molecule has 0 aliphatic carbocycles. The van der Waals surface area contributed by atoms with Crippen molar-refractivity contribution in [3.05, 3.63) is 41.7 Å². The second kappa shape index (κ2) is 7.53. The van der Waals surface area contributed by atoms with Crippen LogP contribution >= 0.6 is 0 Å². The number of benzene rings is 1. The highest BCUT2D eigenvalue weighted by atomic mass is 16.5. The molecule has 4 heterocycles. The molecule has 2 atom stereocenters. The molecule has 0 amide bonds. The average Bonchev–Trinajstić information content (AvgIpc) is 3.09. The van der Waals surface area contributed by atoms with Crippen LogP contribution in [0.4, 0.5) is 0 Å². The third-order valence-electron chi connectivity index (χ3n) is 5.56. The van der Waals surface area contributed by atoms with Gasteiger partial charge in [0.15, 0.2) is 5.82 Å². The van der Waals surface area contributed by atoms with E-state index < -0.39 is 0 Å². The van der Waals surface area contributed by atoms with E-state index in [1.807, 2.05) is 30.3 Å². The number of nitrogens with zero attached hydrogens (tertiary/aromatic N) is 5. The van der Waals surface area contributed by atoms with Gasteiger partial charge in [-0.15, -0.1) is 10.2 Å². The van der Waals surface area contributed by atoms with Gasteiger partial charge in [0.1, 0.15) is 6.10 Å². The van der Waals surface area contributed by atoms with Gasteiger partial charge in [0.05, 0.1) is 13.0 Å². The molecule has 138 valence electrons. The van der Waals surface area contributed by atoms with Crippen molar-refractivity contribution >= 4 is 5.97 Å². The zero-order valence-corrected chi connectivity index (χ0v) is 15.1. The Balaban J connectivity index is 1.45. The van der Waals surface area contributed by atoms with Crippen molar-refractivity contribution in [2.75, 3.05) is 19.6 Å². The van der Waals surface area contributed by atoms with Gasteiger partial charge in [-0.2, -0.15) is 4.80 Å². The molecule has 5 rings (SSSR count). The van der Waals surface area contributed by atoms with Crippen molar-refractivity contribution in [1.29, 1.82) is 0 Å². The van der Waals surface area contributed by atoms with Crippen LogP contribution in [-0.2, 0) is 23.0 Å². The molecule has 3 saturated heterocycles. The number of carbonyl (C=O) groups excluding carboxylic acids is 1. The lowest BCUT2D eigenvalue weighted by Crippen LogP contribution is -2.52. The summed E-state index contributed by atoms with van der Waals surface area (Å²) in [6.45, 7) is 3.15. The molecule has 0 spiro atoms. The predicted molar refractivity (Wildman–Crippen MR) is 95.3 cm³/mol. The van der Waals surface area contributed by atoms with E-state index in [1.165, 1.54) is 4.80 Å². The minimum Gasteiger partial charge on any atom is -0.460 e. The Morgan fingerprint density at radius 1 is 1.27 bits per heavy atom. The second-order valence-corrected chi connectivity index (χ2v) is 7.31. The number of aromatic nitrogens is 4. The summed E-state index contributed by atoms with van der Waals surface area (Å²) in [6, 6.07) is 9.87. The summed E-state index contributed by atoms with van der Waals surface area (Å²) in [4.78, 5) is 16.9. The minimum atomic E-state index is -0.296. The predicted octanol–water partition coefficient (Wildman–Crippen LogP) is 1.56. The molecule has 3 fully saturated rings. The number of fused-ring (bicyclic) bond motifs is 3. The molecule has 7 nitrogen and oxygen atoms in total. The highest BCUT2D eigenvalue weighted by Crippen LogP contribution is 2.31. The topological polar surface area (TPSA) is 73.1 Å². The highest BCUT2D eigenvalue weighted by molar-refractivity contribution is 5.78. The summed E-state index contributed by atoms with van der Waals surface area (Å²) < 4.78 is 5.99. The molecule has 7 heteroatoms. The van der Waals surface area contributed by atoms with E-state index in [-0.39, 0.29) is 18.0 Å². The number of hydrogen-bond donors (Lipinski definition) is 0. The fourth-order valence-corrected chi connectivity index (χ4v) is 4.08. The van der Waals surface area contributed by atoms with Gasteiger partial charge in [-0.3, -0.25) is 9.69 Å². The van der Waals surface area contributed by atoms with E-state index in [1.54, 1.807) is 7.05 Å². The van der Waals surface area contributed by atoms with Gasteiger partial charge >= 0.3 is 5.97 Å². The quantitative estimate of drug-likeness (QED) is 0.732. The van der Waals surface area contributed by atoms with Crippen LogP contribution in [0.25, 0.3) is 0 Å². The zero-order chi connectivity index (χ0) is 17.9. The van der Waals surface area contributed by atoms with Gasteiger partial charge in [0, 0.05) is 13.0 Å². The van der Waals surface area contributed by atoms with Crippen LogP contribution in [0, 0.1) is 5.92 Å². The first-order chi connectivity index (χ1) is 12.7. The van der Waals surface area contributed by atoms with Crippen LogP contribution in [0.15, 0.2) is 30.3 Å². The maximum Gasteiger partial charge on any atom is 0.313 e. The first-order valence-electron chi connectivity index (χ1n) is 9.39. The maximum atomic E-state index is 13.0. The molecule has 1 unspecified atom stereocenters. The summed E-state index contributed by atoms with van der Waals surface area (Å²) in [5, 5.41) is 12.1. The number of esters is 1. The van der Waals surface area contributed by atoms with Crippen LogP contribution in [0.3, 0.4) is 0 Å². The van der Waals surface area contributed by atoms with E-state index in [9.17, 15) is 4.79 Å². The molecular formula is C19H25N5O2. The smallest absolute Gasteiger partial charge is 0.313 e. The van der Waals surface area contributed by atoms with Crippen LogP contribution in [-0.4, -0.2) is 56.8 Å². The van der Waals surface area contributed by atoms with Crippen LogP contribution < -0.4 is 0 Å². The molecule has 26 heavy (non-hydrogen) atoms. The molecule has 1 aromatic carbocycles. The monoisotopic (exact) mass is 355 g/mol. The fourth-order valence-electron chi connectivity index (χ4n) is 4.08. The summed E-state index contributed by atoms with van der Waals surface area (Å²) in [6.07, 6.45) is 3.53. The minimum absolute atomic E-state index is 0.0332. The lowest BCUT2D eigenvalue weighted by atomic mass is 9.85. The first kappa shape index (κ1) is 17.1. The zero-order valence-electron chi connectivity index (χ0n) is 15.1. The fraction of sp³-hybridized carbons (Fsp3) is 0.579. The van der Waals surface area contributed by atoms with Crippen molar-refractivity contribution in [2.45, 2.75) is 37.7 Å². The van der Waals surface area contributed by atoms with Crippen molar-refractivity contribution in [3.8, 4) is 0 Å². The standard InChI is InChI=1S/C19H25N5O2/c1-23-21-18(20-22-23)8-7-16(14-5-3-2-4-6-14)19(25)26-17-13-24-11-9-15(17)10-12-24/h2-6,15-17H,7-13H2,1H3/t16?,17-/m0/s1. The number of aryl methyl sites for hydroxylation is 2. The average molecular weight is 355 g/mol. The molecule has 2 bridgehead atoms. The summed E-state index contributed by atoms with van der Waals surface area (Å²) in [5.41, 5.74) is 0.989. The van der Waals surface area contributed by atoms with E-state index >= 15 is 0 Å². The maximum absolute atomic E-state index is 13.0. The number of carbonyl (C=O) groups is 1. The van der Waals surface area contributed by atoms with E-state index in [2.05, 4.69) is 20.3 Å². The third kappa shape index (κ3) is 3.77. The number of hydrogen-bond acceptors (Lipinski definition) is 6. The number of piperidine rings is 3. The van der Waals surface area contributed by atoms with Crippen LogP contribution in [0.1, 0.15) is 36.6 Å².